The average molecular weight is 304 g/mol. The standard InChI is InChI=1S/C16H24N4S/c1-4-20(12-15-6-5-7-21-15)16-11-18-10-14(19-16)9-17-8-13(2)3/h5-7,10-11,13,17H,4,8-9,12H2,1-3H3. The summed E-state index contributed by atoms with van der Waals surface area (Å²) in [6.07, 6.45) is 3.69. The van der Waals surface area contributed by atoms with Crippen molar-refractivity contribution in [2.75, 3.05) is 18.0 Å². The molecule has 0 saturated carbocycles. The van der Waals surface area contributed by atoms with Gasteiger partial charge in [-0.15, -0.1) is 11.3 Å². The fourth-order valence-electron chi connectivity index (χ4n) is 2.07. The minimum absolute atomic E-state index is 0.645. The van der Waals surface area contributed by atoms with Crippen LogP contribution in [0.5, 0.6) is 0 Å². The second kappa shape index (κ2) is 8.10. The van der Waals surface area contributed by atoms with E-state index >= 15 is 0 Å². The summed E-state index contributed by atoms with van der Waals surface area (Å²) in [5, 5.41) is 5.52. The third-order valence-electron chi connectivity index (χ3n) is 3.16. The first-order valence-corrected chi connectivity index (χ1v) is 8.36. The average Bonchev–Trinajstić information content (AvgIpc) is 2.97. The first kappa shape index (κ1) is 15.9. The van der Waals surface area contributed by atoms with E-state index in [1.807, 2.05) is 12.4 Å². The highest BCUT2D eigenvalue weighted by Gasteiger charge is 2.09. The van der Waals surface area contributed by atoms with E-state index < -0.39 is 0 Å². The van der Waals surface area contributed by atoms with E-state index in [4.69, 9.17) is 4.98 Å². The van der Waals surface area contributed by atoms with Gasteiger partial charge in [0.15, 0.2) is 0 Å². The van der Waals surface area contributed by atoms with Crippen LogP contribution in [0.25, 0.3) is 0 Å². The van der Waals surface area contributed by atoms with Crippen LogP contribution in [-0.2, 0) is 13.1 Å². The second-order valence-electron chi connectivity index (χ2n) is 5.49. The molecule has 1 N–H and O–H groups in total. The number of anilines is 1. The maximum Gasteiger partial charge on any atom is 0.147 e. The van der Waals surface area contributed by atoms with Gasteiger partial charge < -0.3 is 10.2 Å². The van der Waals surface area contributed by atoms with E-state index in [9.17, 15) is 0 Å². The van der Waals surface area contributed by atoms with Crippen LogP contribution in [0.1, 0.15) is 31.3 Å². The maximum absolute atomic E-state index is 4.73. The van der Waals surface area contributed by atoms with Crippen molar-refractivity contribution in [2.45, 2.75) is 33.9 Å². The summed E-state index contributed by atoms with van der Waals surface area (Å²) < 4.78 is 0. The molecule has 2 aromatic heterocycles. The molecule has 0 radical (unpaired) electrons. The van der Waals surface area contributed by atoms with Crippen molar-refractivity contribution in [3.05, 3.63) is 40.5 Å². The second-order valence-corrected chi connectivity index (χ2v) is 6.52. The lowest BCUT2D eigenvalue weighted by atomic mass is 10.2. The molecule has 0 aliphatic carbocycles. The van der Waals surface area contributed by atoms with Gasteiger partial charge in [-0.2, -0.15) is 0 Å². The third-order valence-corrected chi connectivity index (χ3v) is 4.02. The van der Waals surface area contributed by atoms with Gasteiger partial charge in [0.2, 0.25) is 0 Å². The van der Waals surface area contributed by atoms with Gasteiger partial charge in [0.1, 0.15) is 5.82 Å². The number of nitrogens with one attached hydrogen (secondary N) is 1. The van der Waals surface area contributed by atoms with Crippen molar-refractivity contribution in [1.82, 2.24) is 15.3 Å². The molecule has 21 heavy (non-hydrogen) atoms. The number of rotatable bonds is 8. The Balaban J connectivity index is 2.00. The van der Waals surface area contributed by atoms with E-state index in [1.165, 1.54) is 4.88 Å². The van der Waals surface area contributed by atoms with E-state index in [0.29, 0.717) is 5.92 Å². The van der Waals surface area contributed by atoms with Gasteiger partial charge >= 0.3 is 0 Å². The van der Waals surface area contributed by atoms with E-state index in [1.54, 1.807) is 11.3 Å². The molecule has 2 rings (SSSR count). The van der Waals surface area contributed by atoms with Crippen LogP contribution in [0, 0.1) is 5.92 Å². The normalized spacial score (nSPS) is 11.0. The molecule has 2 aromatic rings. The van der Waals surface area contributed by atoms with Crippen LogP contribution < -0.4 is 10.2 Å². The van der Waals surface area contributed by atoms with Gasteiger partial charge in [-0.05, 0) is 30.8 Å². The molecule has 114 valence electrons. The molecule has 0 aromatic carbocycles. The van der Waals surface area contributed by atoms with Crippen LogP contribution in [0.15, 0.2) is 29.9 Å². The summed E-state index contributed by atoms with van der Waals surface area (Å²) in [5.74, 6) is 1.60. The molecule has 0 atom stereocenters. The van der Waals surface area contributed by atoms with Crippen molar-refractivity contribution >= 4 is 17.2 Å². The quantitative estimate of drug-likeness (QED) is 0.812. The van der Waals surface area contributed by atoms with Crippen LogP contribution in [0.2, 0.25) is 0 Å². The highest BCUT2D eigenvalue weighted by atomic mass is 32.1. The van der Waals surface area contributed by atoms with Crippen molar-refractivity contribution in [2.24, 2.45) is 5.92 Å². The maximum atomic E-state index is 4.73. The van der Waals surface area contributed by atoms with Crippen LogP contribution >= 0.6 is 11.3 Å². The Morgan fingerprint density at radius 1 is 1.33 bits per heavy atom. The summed E-state index contributed by atoms with van der Waals surface area (Å²) >= 11 is 1.78. The monoisotopic (exact) mass is 304 g/mol. The molecule has 0 bridgehead atoms. The minimum atomic E-state index is 0.645. The van der Waals surface area contributed by atoms with Gasteiger partial charge in [-0.3, -0.25) is 4.98 Å². The highest BCUT2D eigenvalue weighted by molar-refractivity contribution is 7.09. The lowest BCUT2D eigenvalue weighted by molar-refractivity contribution is 0.547. The van der Waals surface area contributed by atoms with Gasteiger partial charge in [0.05, 0.1) is 18.4 Å². The van der Waals surface area contributed by atoms with Crippen LogP contribution in [-0.4, -0.2) is 23.1 Å². The van der Waals surface area contributed by atoms with Crippen molar-refractivity contribution in [3.8, 4) is 0 Å². The number of aromatic nitrogens is 2. The Bertz CT molecular complexity index is 525. The topological polar surface area (TPSA) is 41.1 Å². The summed E-state index contributed by atoms with van der Waals surface area (Å²) in [6.45, 7) is 10.2. The number of hydrogen-bond donors (Lipinski definition) is 1. The molecule has 0 spiro atoms. The SMILES string of the molecule is CCN(Cc1cccs1)c1cncc(CNCC(C)C)n1. The fraction of sp³-hybridized carbons (Fsp3) is 0.500. The van der Waals surface area contributed by atoms with Crippen LogP contribution in [0.4, 0.5) is 5.82 Å². The van der Waals surface area contributed by atoms with E-state index in [-0.39, 0.29) is 0 Å². The molecule has 0 saturated heterocycles. The van der Waals surface area contributed by atoms with Crippen LogP contribution in [0.3, 0.4) is 0 Å². The highest BCUT2D eigenvalue weighted by Crippen LogP contribution is 2.17. The molecule has 0 aliphatic heterocycles. The van der Waals surface area contributed by atoms with Gasteiger partial charge in [0.25, 0.3) is 0 Å². The molecule has 0 aliphatic rings. The Morgan fingerprint density at radius 3 is 2.86 bits per heavy atom. The fourth-order valence-corrected chi connectivity index (χ4v) is 2.79. The van der Waals surface area contributed by atoms with Gasteiger partial charge in [-0.1, -0.05) is 19.9 Å². The van der Waals surface area contributed by atoms with Gasteiger partial charge in [0, 0.05) is 24.2 Å². The minimum Gasteiger partial charge on any atom is -0.350 e. The molecule has 0 unspecified atom stereocenters. The number of hydrogen-bond acceptors (Lipinski definition) is 5. The van der Waals surface area contributed by atoms with Crippen molar-refractivity contribution < 1.29 is 0 Å². The lowest BCUT2D eigenvalue weighted by Crippen LogP contribution is -2.24. The smallest absolute Gasteiger partial charge is 0.147 e. The third kappa shape index (κ3) is 5.10. The van der Waals surface area contributed by atoms with Gasteiger partial charge in [-0.25, -0.2) is 4.98 Å². The Morgan fingerprint density at radius 2 is 2.19 bits per heavy atom. The summed E-state index contributed by atoms with van der Waals surface area (Å²) in [5.41, 5.74) is 0.998. The molecule has 0 amide bonds. The Kier molecular flexibility index (Phi) is 6.14. The molecular formula is C16H24N4S. The number of nitrogens with zero attached hydrogens (tertiary/aromatic N) is 3. The molecule has 0 fully saturated rings. The molecule has 4 nitrogen and oxygen atoms in total. The zero-order chi connectivity index (χ0) is 15.1. The first-order chi connectivity index (χ1) is 10.2. The Hall–Kier alpha value is -1.46. The Labute approximate surface area is 131 Å². The van der Waals surface area contributed by atoms with E-state index in [2.05, 4.69) is 53.5 Å². The summed E-state index contributed by atoms with van der Waals surface area (Å²) in [7, 11) is 0. The van der Waals surface area contributed by atoms with Crippen molar-refractivity contribution in [1.29, 1.82) is 0 Å². The lowest BCUT2D eigenvalue weighted by Gasteiger charge is -2.21. The number of thiophene rings is 1. The molecule has 2 heterocycles. The zero-order valence-electron chi connectivity index (χ0n) is 13.0. The summed E-state index contributed by atoms with van der Waals surface area (Å²) in [6, 6.07) is 4.25. The zero-order valence-corrected chi connectivity index (χ0v) is 13.9. The first-order valence-electron chi connectivity index (χ1n) is 7.48. The summed E-state index contributed by atoms with van der Waals surface area (Å²) in [4.78, 5) is 12.7. The predicted octanol–water partition coefficient (Wildman–Crippen LogP) is 3.31. The van der Waals surface area contributed by atoms with E-state index in [0.717, 1.165) is 37.7 Å². The predicted molar refractivity (Wildman–Crippen MR) is 89.6 cm³/mol. The largest absolute Gasteiger partial charge is 0.350 e. The van der Waals surface area contributed by atoms with Crippen molar-refractivity contribution in [3.63, 3.8) is 0 Å². The molecule has 5 heteroatoms. The molecular weight excluding hydrogens is 280 g/mol.